The summed E-state index contributed by atoms with van der Waals surface area (Å²) in [4.78, 5) is 35.2. The number of ether oxygens (including phenoxy) is 2. The number of hydrogen-bond acceptors (Lipinski definition) is 8. The first-order valence-corrected chi connectivity index (χ1v) is 22.4. The Kier molecular flexibility index (Phi) is 34.0. The van der Waals surface area contributed by atoms with Crippen LogP contribution in [-0.2, 0) is 32.7 Å². The number of rotatable bonds is 37. The third-order valence-electron chi connectivity index (χ3n) is 8.67. The fourth-order valence-electron chi connectivity index (χ4n) is 5.37. The number of unbranched alkanes of at least 4 members (excludes halogenated alkanes) is 12. The molecule has 0 aliphatic rings. The fourth-order valence-corrected chi connectivity index (χ4v) is 6.12. The Morgan fingerprint density at radius 3 is 1.72 bits per heavy atom. The van der Waals surface area contributed by atoms with Gasteiger partial charge in [0.1, 0.15) is 19.8 Å². The van der Waals surface area contributed by atoms with E-state index in [2.05, 4.69) is 50.3 Å². The predicted octanol–water partition coefficient (Wildman–Crippen LogP) is 10.5. The minimum absolute atomic E-state index is 0.0142. The summed E-state index contributed by atoms with van der Waals surface area (Å²) in [6, 6.07) is 0. The lowest BCUT2D eigenvalue weighted by atomic mass is 10.0. The number of carbonyl (C=O) groups is 2. The van der Waals surface area contributed by atoms with Gasteiger partial charge in [-0.1, -0.05) is 140 Å². The summed E-state index contributed by atoms with van der Waals surface area (Å²) in [5.41, 5.74) is 0. The molecule has 0 saturated carbocycles. The van der Waals surface area contributed by atoms with Crippen molar-refractivity contribution in [1.82, 2.24) is 0 Å². The number of aliphatic hydroxyl groups is 1. The number of quaternary nitrogens is 1. The lowest BCUT2D eigenvalue weighted by Crippen LogP contribution is -2.37. The topological polar surface area (TPSA) is 129 Å². The van der Waals surface area contributed by atoms with E-state index >= 15 is 0 Å². The molecule has 0 aromatic carbocycles. The highest BCUT2D eigenvalue weighted by molar-refractivity contribution is 7.47. The SMILES string of the molecule is CCCCCCCCCCCCCCC(=O)OC[C@H](COP(=O)(O)OCC[N+](C)(C)C)OC(=O)CCC/C=C\C/C=C\C/C=C\C/C=C\CC(O)CCC. The van der Waals surface area contributed by atoms with Crippen LogP contribution in [-0.4, -0.2) is 86.1 Å². The van der Waals surface area contributed by atoms with Gasteiger partial charge in [-0.15, -0.1) is 0 Å². The first-order valence-electron chi connectivity index (χ1n) is 20.9. The molecule has 0 radical (unpaired) electrons. The Morgan fingerprint density at radius 2 is 1.17 bits per heavy atom. The molecule has 314 valence electrons. The van der Waals surface area contributed by atoms with Crippen LogP contribution in [0, 0.1) is 0 Å². The molecular formula is C43H79NO9P+. The van der Waals surface area contributed by atoms with Crippen molar-refractivity contribution < 1.29 is 47.2 Å². The van der Waals surface area contributed by atoms with Gasteiger partial charge >= 0.3 is 19.8 Å². The lowest BCUT2D eigenvalue weighted by Gasteiger charge is -2.24. The Morgan fingerprint density at radius 1 is 0.648 bits per heavy atom. The quantitative estimate of drug-likeness (QED) is 0.0208. The Labute approximate surface area is 329 Å². The van der Waals surface area contributed by atoms with Crippen LogP contribution in [0.2, 0.25) is 0 Å². The van der Waals surface area contributed by atoms with Crippen LogP contribution in [0.5, 0.6) is 0 Å². The molecule has 2 N–H and O–H groups in total. The highest BCUT2D eigenvalue weighted by Gasteiger charge is 2.27. The maximum Gasteiger partial charge on any atom is 0.472 e. The average Bonchev–Trinajstić information content (AvgIpc) is 3.11. The lowest BCUT2D eigenvalue weighted by molar-refractivity contribution is -0.870. The van der Waals surface area contributed by atoms with Crippen LogP contribution in [0.1, 0.15) is 155 Å². The highest BCUT2D eigenvalue weighted by atomic mass is 31.2. The molecule has 0 aromatic heterocycles. The van der Waals surface area contributed by atoms with Crippen LogP contribution in [0.15, 0.2) is 48.6 Å². The molecule has 0 fully saturated rings. The summed E-state index contributed by atoms with van der Waals surface area (Å²) in [5.74, 6) is -0.886. The van der Waals surface area contributed by atoms with Crippen molar-refractivity contribution in [2.45, 2.75) is 167 Å². The molecule has 0 saturated heterocycles. The molecule has 0 aromatic rings. The van der Waals surface area contributed by atoms with E-state index in [1.54, 1.807) is 0 Å². The van der Waals surface area contributed by atoms with Gasteiger partial charge in [0, 0.05) is 12.8 Å². The van der Waals surface area contributed by atoms with Crippen molar-refractivity contribution in [2.75, 3.05) is 47.5 Å². The largest absolute Gasteiger partial charge is 0.472 e. The number of phosphoric ester groups is 1. The molecule has 0 amide bonds. The summed E-state index contributed by atoms with van der Waals surface area (Å²) < 4.78 is 34.1. The third kappa shape index (κ3) is 38.2. The van der Waals surface area contributed by atoms with E-state index in [0.29, 0.717) is 30.3 Å². The van der Waals surface area contributed by atoms with Gasteiger partial charge in [0.25, 0.3) is 0 Å². The van der Waals surface area contributed by atoms with Crippen molar-refractivity contribution in [2.24, 2.45) is 0 Å². The molecule has 0 aliphatic carbocycles. The van der Waals surface area contributed by atoms with Crippen molar-refractivity contribution in [1.29, 1.82) is 0 Å². The second-order valence-corrected chi connectivity index (χ2v) is 16.7. The second kappa shape index (κ2) is 35.4. The zero-order valence-corrected chi connectivity index (χ0v) is 35.7. The standard InChI is InChI=1S/C43H78NO9P/c1-6-8-9-10-11-12-13-18-21-24-27-30-34-42(46)50-38-41(39-52-54(48,49)51-37-36-44(3,4)5)53-43(47)35-31-28-25-22-19-16-14-15-17-20-23-26-29-33-40(45)32-7-2/h14,16-17,20,22,25-26,29,40-41,45H,6-13,15,18-19,21,23-24,27-28,30-39H2,1-5H3/p+1/b16-14-,20-17-,25-22-,29-26-/t40?,41-/m1/s1. The number of carbonyl (C=O) groups excluding carboxylic acids is 2. The second-order valence-electron chi connectivity index (χ2n) is 15.2. The van der Waals surface area contributed by atoms with Crippen LogP contribution in [0.25, 0.3) is 0 Å². The summed E-state index contributed by atoms with van der Waals surface area (Å²) in [5, 5.41) is 9.73. The molecule has 54 heavy (non-hydrogen) atoms. The minimum Gasteiger partial charge on any atom is -0.462 e. The summed E-state index contributed by atoms with van der Waals surface area (Å²) >= 11 is 0. The summed E-state index contributed by atoms with van der Waals surface area (Å²) in [7, 11) is 1.41. The van der Waals surface area contributed by atoms with E-state index in [-0.39, 0.29) is 32.2 Å². The Hall–Kier alpha value is -2.07. The van der Waals surface area contributed by atoms with Gasteiger partial charge in [-0.25, -0.2) is 4.57 Å². The van der Waals surface area contributed by atoms with Gasteiger partial charge in [0.15, 0.2) is 6.10 Å². The van der Waals surface area contributed by atoms with E-state index in [9.17, 15) is 24.2 Å². The molecule has 3 atom stereocenters. The summed E-state index contributed by atoms with van der Waals surface area (Å²) in [6.45, 7) is 4.13. The van der Waals surface area contributed by atoms with E-state index in [0.717, 1.165) is 51.4 Å². The number of esters is 2. The molecule has 2 unspecified atom stereocenters. The van der Waals surface area contributed by atoms with Crippen molar-refractivity contribution in [3.8, 4) is 0 Å². The van der Waals surface area contributed by atoms with Crippen LogP contribution in [0.4, 0.5) is 0 Å². The Balaban J connectivity index is 4.52. The number of phosphoric acid groups is 1. The van der Waals surface area contributed by atoms with Crippen LogP contribution < -0.4 is 0 Å². The van der Waals surface area contributed by atoms with E-state index in [4.69, 9.17) is 18.5 Å². The third-order valence-corrected chi connectivity index (χ3v) is 9.65. The van der Waals surface area contributed by atoms with Crippen molar-refractivity contribution in [3.05, 3.63) is 48.6 Å². The molecule has 0 heterocycles. The minimum atomic E-state index is -4.39. The van der Waals surface area contributed by atoms with Gasteiger partial charge in [-0.2, -0.15) is 0 Å². The number of aliphatic hydroxyl groups excluding tert-OH is 1. The number of likely N-dealkylation sites (N-methyl/N-ethyl adjacent to an activating group) is 1. The highest BCUT2D eigenvalue weighted by Crippen LogP contribution is 2.43. The Bertz CT molecular complexity index is 1080. The zero-order valence-electron chi connectivity index (χ0n) is 34.8. The molecule has 0 rings (SSSR count). The van der Waals surface area contributed by atoms with E-state index in [1.165, 1.54) is 57.8 Å². The van der Waals surface area contributed by atoms with Gasteiger partial charge in [0.05, 0.1) is 33.9 Å². The normalized spacial score (nSPS) is 14.7. The van der Waals surface area contributed by atoms with Crippen LogP contribution >= 0.6 is 7.82 Å². The number of nitrogens with zero attached hydrogens (tertiary/aromatic N) is 1. The molecule has 11 heteroatoms. The fraction of sp³-hybridized carbons (Fsp3) is 0.767. The summed E-state index contributed by atoms with van der Waals surface area (Å²) in [6.07, 6.45) is 36.5. The molecule has 10 nitrogen and oxygen atoms in total. The monoisotopic (exact) mass is 785 g/mol. The van der Waals surface area contributed by atoms with Crippen LogP contribution in [0.3, 0.4) is 0 Å². The van der Waals surface area contributed by atoms with Crippen molar-refractivity contribution >= 4 is 19.8 Å². The zero-order chi connectivity index (χ0) is 40.2. The van der Waals surface area contributed by atoms with Gasteiger partial charge in [-0.3, -0.25) is 18.6 Å². The van der Waals surface area contributed by atoms with E-state index in [1.807, 2.05) is 33.3 Å². The maximum absolute atomic E-state index is 12.6. The van der Waals surface area contributed by atoms with Crippen molar-refractivity contribution in [3.63, 3.8) is 0 Å². The molecule has 0 bridgehead atoms. The smallest absolute Gasteiger partial charge is 0.462 e. The molecule has 0 spiro atoms. The first-order chi connectivity index (χ1) is 25.9. The van der Waals surface area contributed by atoms with E-state index < -0.39 is 32.5 Å². The molecule has 0 aliphatic heterocycles. The number of allylic oxidation sites excluding steroid dienone is 7. The van der Waals surface area contributed by atoms with Gasteiger partial charge in [0.2, 0.25) is 0 Å². The number of hydrogen-bond donors (Lipinski definition) is 2. The van der Waals surface area contributed by atoms with Gasteiger partial charge < -0.3 is 24.0 Å². The molecular weight excluding hydrogens is 705 g/mol. The first kappa shape index (κ1) is 51.9. The van der Waals surface area contributed by atoms with Gasteiger partial charge in [-0.05, 0) is 51.4 Å². The predicted molar refractivity (Wildman–Crippen MR) is 221 cm³/mol. The average molecular weight is 785 g/mol. The maximum atomic E-state index is 12.6.